The van der Waals surface area contributed by atoms with Gasteiger partial charge in [0.2, 0.25) is 0 Å². The Balaban J connectivity index is 2.50. The summed E-state index contributed by atoms with van der Waals surface area (Å²) in [6, 6.07) is 0. The van der Waals surface area contributed by atoms with Crippen LogP contribution in [0.1, 0.15) is 267 Å². The molecule has 0 aromatic rings. The van der Waals surface area contributed by atoms with Gasteiger partial charge in [0, 0.05) is 52.1 Å². The molecule has 0 N–H and O–H groups in total. The summed E-state index contributed by atoms with van der Waals surface area (Å²) in [4.78, 5) is 45.2. The van der Waals surface area contributed by atoms with E-state index in [9.17, 15) is 14.4 Å². The molecule has 1 unspecified atom stereocenters. The van der Waals surface area contributed by atoms with Gasteiger partial charge in [-0.05, 0) is 104 Å². The Labute approximate surface area is 397 Å². The lowest BCUT2D eigenvalue weighted by Gasteiger charge is -2.36. The fraction of sp³-hybridized carbons (Fsp3) is 0.945. The van der Waals surface area contributed by atoms with Crippen molar-refractivity contribution in [2.45, 2.75) is 285 Å². The van der Waals surface area contributed by atoms with E-state index in [1.54, 1.807) is 0 Å². The van der Waals surface area contributed by atoms with Gasteiger partial charge < -0.3 is 24.0 Å². The van der Waals surface area contributed by atoms with Crippen LogP contribution < -0.4 is 0 Å². The van der Waals surface area contributed by atoms with Crippen molar-refractivity contribution in [1.82, 2.24) is 14.7 Å². The van der Waals surface area contributed by atoms with Gasteiger partial charge in [0.1, 0.15) is 17.8 Å². The highest BCUT2D eigenvalue weighted by Gasteiger charge is 2.26. The van der Waals surface area contributed by atoms with Crippen LogP contribution in [0.25, 0.3) is 0 Å². The lowest BCUT2D eigenvalue weighted by molar-refractivity contribution is -0.150. The van der Waals surface area contributed by atoms with Crippen LogP contribution >= 0.6 is 0 Å². The maximum atomic E-state index is 12.9. The van der Waals surface area contributed by atoms with Crippen molar-refractivity contribution in [2.24, 2.45) is 0 Å². The first-order valence-corrected chi connectivity index (χ1v) is 27.8. The number of carbonyl (C=O) groups excluding carboxylic acids is 3. The third-order valence-corrected chi connectivity index (χ3v) is 13.2. The SMILES string of the molecule is CCCCCCCCCCC(CC)OC(=O)CCCCCN(CCCCCCCC(=O)OC(CCCCCCCC)CCCCCCCC)CCN1CCN(C(=O)OC(C)(C)C)CC1. The molecule has 0 bridgehead atoms. The van der Waals surface area contributed by atoms with Gasteiger partial charge >= 0.3 is 18.0 Å². The molecular formula is C55H107N3O6. The predicted molar refractivity (Wildman–Crippen MR) is 270 cm³/mol. The fourth-order valence-corrected chi connectivity index (χ4v) is 8.92. The number of rotatable bonds is 43. The molecule has 0 aromatic carbocycles. The van der Waals surface area contributed by atoms with E-state index in [2.05, 4.69) is 37.5 Å². The molecule has 64 heavy (non-hydrogen) atoms. The molecule has 9 heteroatoms. The molecule has 1 fully saturated rings. The molecule has 0 radical (unpaired) electrons. The zero-order valence-electron chi connectivity index (χ0n) is 43.6. The largest absolute Gasteiger partial charge is 0.462 e. The van der Waals surface area contributed by atoms with Gasteiger partial charge in [-0.3, -0.25) is 14.5 Å². The smallest absolute Gasteiger partial charge is 0.410 e. The summed E-state index contributed by atoms with van der Waals surface area (Å²) in [5.74, 6) is -0.0134. The maximum Gasteiger partial charge on any atom is 0.410 e. The number of carbonyl (C=O) groups is 3. The molecule has 1 aliphatic heterocycles. The molecule has 1 rings (SSSR count). The standard InChI is InChI=1S/C55H107N3O6/c1-8-12-15-18-21-22-26-30-37-50(11-4)62-52(59)41-34-29-36-43-56(44-45-57-46-48-58(49-47-57)54(61)64-55(5,6)7)42-35-28-23-27-33-40-53(60)63-51(38-31-24-19-16-13-9-2)39-32-25-20-17-14-10-3/h50-51H,8-49H2,1-7H3. The number of hydrogen-bond acceptors (Lipinski definition) is 8. The molecule has 1 aliphatic rings. The predicted octanol–water partition coefficient (Wildman–Crippen LogP) is 15.0. The van der Waals surface area contributed by atoms with Crippen molar-refractivity contribution in [1.29, 1.82) is 0 Å². The summed E-state index contributed by atoms with van der Waals surface area (Å²) in [6.07, 6.45) is 39.1. The first kappa shape index (κ1) is 60.1. The van der Waals surface area contributed by atoms with Crippen molar-refractivity contribution >= 4 is 18.0 Å². The van der Waals surface area contributed by atoms with E-state index < -0.39 is 5.60 Å². The average molecular weight is 906 g/mol. The highest BCUT2D eigenvalue weighted by atomic mass is 16.6. The van der Waals surface area contributed by atoms with Gasteiger partial charge in [0.25, 0.3) is 0 Å². The number of ether oxygens (including phenoxy) is 3. The van der Waals surface area contributed by atoms with Gasteiger partial charge in [-0.1, -0.05) is 163 Å². The summed E-state index contributed by atoms with van der Waals surface area (Å²) in [5.41, 5.74) is -0.478. The molecular weight excluding hydrogens is 799 g/mol. The Hall–Kier alpha value is -1.87. The Morgan fingerprint density at radius 3 is 1.28 bits per heavy atom. The van der Waals surface area contributed by atoms with Crippen molar-refractivity contribution < 1.29 is 28.6 Å². The molecule has 1 amide bonds. The first-order valence-electron chi connectivity index (χ1n) is 27.8. The molecule has 0 saturated carbocycles. The summed E-state index contributed by atoms with van der Waals surface area (Å²) >= 11 is 0. The second kappa shape index (κ2) is 41.3. The van der Waals surface area contributed by atoms with E-state index in [0.717, 1.165) is 116 Å². The van der Waals surface area contributed by atoms with E-state index in [-0.39, 0.29) is 30.2 Å². The van der Waals surface area contributed by atoms with E-state index in [1.807, 2.05) is 25.7 Å². The minimum absolute atomic E-state index is 0.0114. The summed E-state index contributed by atoms with van der Waals surface area (Å²) < 4.78 is 17.6. The Morgan fingerprint density at radius 2 is 0.844 bits per heavy atom. The quantitative estimate of drug-likeness (QED) is 0.0340. The molecule has 1 saturated heterocycles. The van der Waals surface area contributed by atoms with Gasteiger partial charge in [-0.25, -0.2) is 4.79 Å². The van der Waals surface area contributed by atoms with Gasteiger partial charge in [0.05, 0.1) is 0 Å². The molecule has 1 heterocycles. The van der Waals surface area contributed by atoms with Crippen LogP contribution in [-0.4, -0.2) is 103 Å². The number of hydrogen-bond donors (Lipinski definition) is 0. The minimum atomic E-state index is -0.478. The van der Waals surface area contributed by atoms with Crippen molar-refractivity contribution in [3.63, 3.8) is 0 Å². The number of esters is 2. The number of piperazine rings is 1. The molecule has 0 aliphatic carbocycles. The number of amides is 1. The molecule has 0 aromatic heterocycles. The third kappa shape index (κ3) is 36.3. The highest BCUT2D eigenvalue weighted by molar-refractivity contribution is 5.70. The second-order valence-corrected chi connectivity index (χ2v) is 20.5. The summed E-state index contributed by atoms with van der Waals surface area (Å²) in [5, 5.41) is 0. The van der Waals surface area contributed by atoms with Gasteiger partial charge in [-0.2, -0.15) is 0 Å². The van der Waals surface area contributed by atoms with Crippen molar-refractivity contribution in [3.05, 3.63) is 0 Å². The normalized spacial score (nSPS) is 14.1. The first-order chi connectivity index (χ1) is 31.0. The Bertz CT molecular complexity index is 1070. The minimum Gasteiger partial charge on any atom is -0.462 e. The maximum absolute atomic E-state index is 12.9. The summed E-state index contributed by atoms with van der Waals surface area (Å²) in [7, 11) is 0. The van der Waals surface area contributed by atoms with Crippen LogP contribution in [0.2, 0.25) is 0 Å². The van der Waals surface area contributed by atoms with Crippen molar-refractivity contribution in [3.8, 4) is 0 Å². The topological polar surface area (TPSA) is 88.6 Å². The lowest BCUT2D eigenvalue weighted by atomic mass is 10.0. The van der Waals surface area contributed by atoms with Crippen molar-refractivity contribution in [2.75, 3.05) is 52.4 Å². The van der Waals surface area contributed by atoms with Crippen LogP contribution in [0, 0.1) is 0 Å². The number of unbranched alkanes of at least 4 members (excludes halogenated alkanes) is 23. The van der Waals surface area contributed by atoms with Crippen LogP contribution in [0.5, 0.6) is 0 Å². The van der Waals surface area contributed by atoms with E-state index in [0.29, 0.717) is 25.9 Å². The zero-order valence-corrected chi connectivity index (χ0v) is 43.6. The van der Waals surface area contributed by atoms with Crippen LogP contribution in [0.3, 0.4) is 0 Å². The monoisotopic (exact) mass is 906 g/mol. The molecule has 0 spiro atoms. The summed E-state index contributed by atoms with van der Waals surface area (Å²) in [6.45, 7) is 21.9. The third-order valence-electron chi connectivity index (χ3n) is 13.2. The van der Waals surface area contributed by atoms with Crippen LogP contribution in [0.4, 0.5) is 4.79 Å². The average Bonchev–Trinajstić information content (AvgIpc) is 3.26. The van der Waals surface area contributed by atoms with Gasteiger partial charge in [-0.15, -0.1) is 0 Å². The Morgan fingerprint density at radius 1 is 0.469 bits per heavy atom. The highest BCUT2D eigenvalue weighted by Crippen LogP contribution is 2.20. The number of nitrogens with zero attached hydrogens (tertiary/aromatic N) is 3. The van der Waals surface area contributed by atoms with E-state index in [4.69, 9.17) is 14.2 Å². The Kier molecular flexibility index (Phi) is 38.8. The van der Waals surface area contributed by atoms with E-state index >= 15 is 0 Å². The molecule has 378 valence electrons. The van der Waals surface area contributed by atoms with Gasteiger partial charge in [0.15, 0.2) is 0 Å². The second-order valence-electron chi connectivity index (χ2n) is 20.5. The van der Waals surface area contributed by atoms with Crippen LogP contribution in [-0.2, 0) is 23.8 Å². The lowest BCUT2D eigenvalue weighted by Crippen LogP contribution is -2.51. The fourth-order valence-electron chi connectivity index (χ4n) is 8.92. The molecule has 9 nitrogen and oxygen atoms in total. The van der Waals surface area contributed by atoms with E-state index in [1.165, 1.54) is 128 Å². The zero-order chi connectivity index (χ0) is 46.9. The van der Waals surface area contributed by atoms with Crippen LogP contribution in [0.15, 0.2) is 0 Å². The molecule has 1 atom stereocenters.